The van der Waals surface area contributed by atoms with Gasteiger partial charge in [-0.15, -0.1) is 0 Å². The molecule has 26 heavy (non-hydrogen) atoms. The van der Waals surface area contributed by atoms with Crippen LogP contribution in [0.2, 0.25) is 0 Å². The molecule has 0 saturated carbocycles. The van der Waals surface area contributed by atoms with Crippen molar-refractivity contribution in [1.82, 2.24) is 0 Å². The van der Waals surface area contributed by atoms with E-state index in [9.17, 15) is 14.4 Å². The molecule has 6 heteroatoms. The van der Waals surface area contributed by atoms with Crippen LogP contribution in [0.4, 0.5) is 17.1 Å². The Bertz CT molecular complexity index is 919. The fraction of sp³-hybridized carbons (Fsp3) is 0.250. The Morgan fingerprint density at radius 3 is 2.35 bits per heavy atom. The van der Waals surface area contributed by atoms with Gasteiger partial charge in [-0.3, -0.25) is 14.4 Å². The summed E-state index contributed by atoms with van der Waals surface area (Å²) in [5.41, 5.74) is 5.15. The molecule has 2 aromatic rings. The van der Waals surface area contributed by atoms with E-state index in [0.717, 1.165) is 41.8 Å². The molecule has 0 spiro atoms. The first-order valence-electron chi connectivity index (χ1n) is 8.66. The number of hydrogen-bond acceptors (Lipinski definition) is 3. The summed E-state index contributed by atoms with van der Waals surface area (Å²) in [6, 6.07) is 10.9. The SMILES string of the molecule is Cc1ccc(NC(=O)C(=O)Nc2cc3c4c(c2)CC(=O)N4CCC3)cc1. The minimum absolute atomic E-state index is 0.0986. The van der Waals surface area contributed by atoms with Crippen molar-refractivity contribution in [2.24, 2.45) is 0 Å². The Kier molecular flexibility index (Phi) is 3.95. The molecule has 3 amide bonds. The maximum Gasteiger partial charge on any atom is 0.314 e. The second-order valence-corrected chi connectivity index (χ2v) is 6.74. The Morgan fingerprint density at radius 2 is 1.62 bits per heavy atom. The van der Waals surface area contributed by atoms with E-state index < -0.39 is 11.8 Å². The highest BCUT2D eigenvalue weighted by molar-refractivity contribution is 6.43. The first-order chi connectivity index (χ1) is 12.5. The van der Waals surface area contributed by atoms with E-state index in [1.807, 2.05) is 30.0 Å². The largest absolute Gasteiger partial charge is 0.318 e. The summed E-state index contributed by atoms with van der Waals surface area (Å²) in [5.74, 6) is -1.35. The Labute approximate surface area is 151 Å². The van der Waals surface area contributed by atoms with Gasteiger partial charge in [0.15, 0.2) is 0 Å². The van der Waals surface area contributed by atoms with E-state index >= 15 is 0 Å². The number of rotatable bonds is 2. The lowest BCUT2D eigenvalue weighted by molar-refractivity contribution is -0.132. The van der Waals surface area contributed by atoms with Crippen LogP contribution >= 0.6 is 0 Å². The molecule has 2 heterocycles. The van der Waals surface area contributed by atoms with Crippen LogP contribution in [0, 0.1) is 6.92 Å². The van der Waals surface area contributed by atoms with E-state index in [0.29, 0.717) is 17.8 Å². The lowest BCUT2D eigenvalue weighted by Gasteiger charge is -2.26. The van der Waals surface area contributed by atoms with Gasteiger partial charge in [0.25, 0.3) is 0 Å². The first-order valence-corrected chi connectivity index (χ1v) is 8.66. The number of amides is 3. The van der Waals surface area contributed by atoms with Crippen molar-refractivity contribution in [2.45, 2.75) is 26.2 Å². The third kappa shape index (κ3) is 2.94. The highest BCUT2D eigenvalue weighted by atomic mass is 16.2. The highest BCUT2D eigenvalue weighted by Crippen LogP contribution is 2.38. The smallest absolute Gasteiger partial charge is 0.314 e. The lowest BCUT2D eigenvalue weighted by atomic mass is 9.99. The summed E-state index contributed by atoms with van der Waals surface area (Å²) in [6.07, 6.45) is 2.12. The number of anilines is 3. The van der Waals surface area contributed by atoms with Crippen LogP contribution in [0.5, 0.6) is 0 Å². The predicted molar refractivity (Wildman–Crippen MR) is 99.3 cm³/mol. The zero-order valence-corrected chi connectivity index (χ0v) is 14.5. The van der Waals surface area contributed by atoms with Gasteiger partial charge in [0.1, 0.15) is 0 Å². The van der Waals surface area contributed by atoms with Gasteiger partial charge in [0, 0.05) is 17.9 Å². The van der Waals surface area contributed by atoms with Crippen molar-refractivity contribution >= 4 is 34.8 Å². The summed E-state index contributed by atoms with van der Waals surface area (Å²) in [7, 11) is 0. The van der Waals surface area contributed by atoms with Crippen LogP contribution in [0.25, 0.3) is 0 Å². The molecule has 6 nitrogen and oxygen atoms in total. The van der Waals surface area contributed by atoms with Gasteiger partial charge in [-0.1, -0.05) is 17.7 Å². The molecule has 2 aliphatic heterocycles. The molecule has 0 fully saturated rings. The summed E-state index contributed by atoms with van der Waals surface area (Å²) < 4.78 is 0. The van der Waals surface area contributed by atoms with E-state index in [4.69, 9.17) is 0 Å². The van der Waals surface area contributed by atoms with Crippen LogP contribution in [-0.2, 0) is 27.2 Å². The minimum atomic E-state index is -0.727. The van der Waals surface area contributed by atoms with Crippen molar-refractivity contribution in [1.29, 1.82) is 0 Å². The molecule has 0 bridgehead atoms. The molecule has 4 rings (SSSR count). The van der Waals surface area contributed by atoms with Crippen molar-refractivity contribution in [2.75, 3.05) is 22.1 Å². The van der Waals surface area contributed by atoms with Crippen LogP contribution in [0.1, 0.15) is 23.1 Å². The normalized spacial score (nSPS) is 14.8. The summed E-state index contributed by atoms with van der Waals surface area (Å²) >= 11 is 0. The first kappa shape index (κ1) is 16.3. The van der Waals surface area contributed by atoms with Gasteiger partial charge in [0.05, 0.1) is 12.1 Å². The Balaban J connectivity index is 1.50. The third-order valence-electron chi connectivity index (χ3n) is 4.78. The van der Waals surface area contributed by atoms with Crippen molar-refractivity contribution < 1.29 is 14.4 Å². The number of carbonyl (C=O) groups excluding carboxylic acids is 3. The average Bonchev–Trinajstić information content (AvgIpc) is 2.94. The predicted octanol–water partition coefficient (Wildman–Crippen LogP) is 2.41. The van der Waals surface area contributed by atoms with Gasteiger partial charge in [-0.25, -0.2) is 0 Å². The molecule has 0 radical (unpaired) electrons. The number of nitrogens with one attached hydrogen (secondary N) is 2. The van der Waals surface area contributed by atoms with Gasteiger partial charge in [0.2, 0.25) is 5.91 Å². The maximum absolute atomic E-state index is 12.2. The molecule has 0 unspecified atom stereocenters. The third-order valence-corrected chi connectivity index (χ3v) is 4.78. The van der Waals surface area contributed by atoms with Crippen molar-refractivity contribution in [3.05, 3.63) is 53.1 Å². The second kappa shape index (κ2) is 6.29. The van der Waals surface area contributed by atoms with Gasteiger partial charge in [-0.2, -0.15) is 0 Å². The van der Waals surface area contributed by atoms with Crippen LogP contribution in [0.3, 0.4) is 0 Å². The van der Waals surface area contributed by atoms with Crippen LogP contribution in [-0.4, -0.2) is 24.3 Å². The Morgan fingerprint density at radius 1 is 0.962 bits per heavy atom. The maximum atomic E-state index is 12.2. The molecule has 0 aromatic heterocycles. The monoisotopic (exact) mass is 349 g/mol. The molecule has 132 valence electrons. The fourth-order valence-electron chi connectivity index (χ4n) is 3.56. The van der Waals surface area contributed by atoms with Gasteiger partial charge in [-0.05, 0) is 55.2 Å². The topological polar surface area (TPSA) is 78.5 Å². The van der Waals surface area contributed by atoms with E-state index in [1.165, 1.54) is 0 Å². The van der Waals surface area contributed by atoms with E-state index in [2.05, 4.69) is 10.6 Å². The number of benzene rings is 2. The zero-order chi connectivity index (χ0) is 18.3. The quantitative estimate of drug-likeness (QED) is 0.817. The molecular weight excluding hydrogens is 330 g/mol. The Hall–Kier alpha value is -3.15. The summed E-state index contributed by atoms with van der Waals surface area (Å²) in [5, 5.41) is 5.23. The summed E-state index contributed by atoms with van der Waals surface area (Å²) in [6.45, 7) is 2.70. The highest BCUT2D eigenvalue weighted by Gasteiger charge is 2.32. The standard InChI is InChI=1S/C20H19N3O3/c1-12-4-6-15(7-5-12)21-19(25)20(26)22-16-9-13-3-2-8-23-17(24)11-14(10-16)18(13)23/h4-7,9-10H,2-3,8,11H2,1H3,(H,21,25)(H,22,26). The average molecular weight is 349 g/mol. The van der Waals surface area contributed by atoms with Gasteiger partial charge >= 0.3 is 11.8 Å². The van der Waals surface area contributed by atoms with Crippen LogP contribution < -0.4 is 15.5 Å². The molecule has 0 aliphatic carbocycles. The zero-order valence-electron chi connectivity index (χ0n) is 14.5. The lowest BCUT2D eigenvalue weighted by Crippen LogP contribution is -2.31. The number of aryl methyl sites for hydroxylation is 2. The number of hydrogen-bond donors (Lipinski definition) is 2. The molecule has 2 aliphatic rings. The number of nitrogens with zero attached hydrogens (tertiary/aromatic N) is 1. The van der Waals surface area contributed by atoms with Crippen molar-refractivity contribution in [3.63, 3.8) is 0 Å². The van der Waals surface area contributed by atoms with Crippen molar-refractivity contribution in [3.8, 4) is 0 Å². The van der Waals surface area contributed by atoms with Gasteiger partial charge < -0.3 is 15.5 Å². The second-order valence-electron chi connectivity index (χ2n) is 6.74. The van der Waals surface area contributed by atoms with E-state index in [-0.39, 0.29) is 5.91 Å². The number of carbonyl (C=O) groups is 3. The van der Waals surface area contributed by atoms with E-state index in [1.54, 1.807) is 18.2 Å². The minimum Gasteiger partial charge on any atom is -0.318 e. The molecule has 0 atom stereocenters. The molecule has 0 saturated heterocycles. The fourth-order valence-corrected chi connectivity index (χ4v) is 3.56. The molecule has 2 N–H and O–H groups in total. The van der Waals surface area contributed by atoms with Crippen LogP contribution in [0.15, 0.2) is 36.4 Å². The summed E-state index contributed by atoms with van der Waals surface area (Å²) in [4.78, 5) is 38.3. The molecular formula is C20H19N3O3. The molecule has 2 aromatic carbocycles.